The van der Waals surface area contributed by atoms with Gasteiger partial charge in [-0.15, -0.1) is 0 Å². The van der Waals surface area contributed by atoms with Crippen molar-refractivity contribution in [1.29, 1.82) is 0 Å². The molecule has 0 saturated carbocycles. The molecule has 0 aliphatic carbocycles. The third-order valence-electron chi connectivity index (χ3n) is 6.53. The number of halogens is 3. The van der Waals surface area contributed by atoms with Crippen molar-refractivity contribution in [2.45, 2.75) is 90.3 Å². The Hall–Kier alpha value is -4.67. The highest BCUT2D eigenvalue weighted by Crippen LogP contribution is 2.33. The SMILES string of the molecule is CC/C=C\C/C=C\C/C=C\C/C=C\C/C=C\C/C=C\CCC(=O)NC(CCCNC(=O)c1ccc(C(F)(F)F)cc1OC(C)=O)C(=O)O. The number of carbonyl (C=O) groups is 4. The van der Waals surface area contributed by atoms with Crippen LogP contribution >= 0.6 is 0 Å². The zero-order valence-electron chi connectivity index (χ0n) is 27.6. The van der Waals surface area contributed by atoms with Crippen LogP contribution in [0.5, 0.6) is 5.75 Å². The van der Waals surface area contributed by atoms with Crippen molar-refractivity contribution in [2.24, 2.45) is 0 Å². The average Bonchev–Trinajstić information content (AvgIpc) is 3.02. The van der Waals surface area contributed by atoms with Crippen LogP contribution in [0.25, 0.3) is 0 Å². The number of aliphatic carboxylic acids is 1. The second-order valence-electron chi connectivity index (χ2n) is 10.6. The number of esters is 1. The lowest BCUT2D eigenvalue weighted by Gasteiger charge is -2.15. The molecule has 0 bridgehead atoms. The van der Waals surface area contributed by atoms with Gasteiger partial charge in [-0.1, -0.05) is 79.8 Å². The maximum Gasteiger partial charge on any atom is 0.416 e. The maximum atomic E-state index is 13.0. The fraction of sp³-hybridized carbons (Fsp3) is 0.405. The van der Waals surface area contributed by atoms with Crippen LogP contribution in [0.1, 0.15) is 94.0 Å². The summed E-state index contributed by atoms with van der Waals surface area (Å²) in [6.07, 6.45) is 26.5. The molecule has 0 aliphatic rings. The van der Waals surface area contributed by atoms with Gasteiger partial charge in [0.05, 0.1) is 11.1 Å². The summed E-state index contributed by atoms with van der Waals surface area (Å²) in [6, 6.07) is 0.973. The molecule has 0 fully saturated rings. The molecule has 0 aliphatic heterocycles. The van der Waals surface area contributed by atoms with Crippen LogP contribution in [0.2, 0.25) is 0 Å². The number of carboxylic acid groups (broad SMARTS) is 1. The Morgan fingerprint density at radius 1 is 0.833 bits per heavy atom. The summed E-state index contributed by atoms with van der Waals surface area (Å²) in [7, 11) is 0. The summed E-state index contributed by atoms with van der Waals surface area (Å²) >= 11 is 0. The highest BCUT2D eigenvalue weighted by atomic mass is 19.4. The summed E-state index contributed by atoms with van der Waals surface area (Å²) in [5.41, 5.74) is -1.37. The quantitative estimate of drug-likeness (QED) is 0.0494. The van der Waals surface area contributed by atoms with E-state index in [1.54, 1.807) is 0 Å². The van der Waals surface area contributed by atoms with Gasteiger partial charge in [-0.2, -0.15) is 13.2 Å². The highest BCUT2D eigenvalue weighted by Gasteiger charge is 2.32. The number of rotatable bonds is 22. The molecule has 11 heteroatoms. The van der Waals surface area contributed by atoms with Crippen LogP contribution in [0, 0.1) is 0 Å². The third kappa shape index (κ3) is 19.8. The topological polar surface area (TPSA) is 122 Å². The normalized spacial score (nSPS) is 13.0. The summed E-state index contributed by atoms with van der Waals surface area (Å²) < 4.78 is 43.9. The fourth-order valence-electron chi connectivity index (χ4n) is 4.11. The fourth-order valence-corrected chi connectivity index (χ4v) is 4.11. The molecule has 262 valence electrons. The van der Waals surface area contributed by atoms with Crippen LogP contribution in [0.3, 0.4) is 0 Å². The van der Waals surface area contributed by atoms with E-state index >= 15 is 0 Å². The number of nitrogens with one attached hydrogen (secondary N) is 2. The molecule has 0 aromatic heterocycles. The third-order valence-corrected chi connectivity index (χ3v) is 6.53. The van der Waals surface area contributed by atoms with E-state index in [1.807, 2.05) is 18.2 Å². The van der Waals surface area contributed by atoms with Gasteiger partial charge in [0.2, 0.25) is 5.91 Å². The van der Waals surface area contributed by atoms with Crippen molar-refractivity contribution in [2.75, 3.05) is 6.54 Å². The standard InChI is InChI=1S/C37H47F3N2O6/c1-3-4-5-6-7-8-9-10-11-12-13-14-15-16-17-18-19-20-21-24-34(44)42-32(36(46)47)23-22-27-41-35(45)31-26-25-30(37(38,39)40)28-33(31)48-29(2)43/h4-5,7-8,10-11,13-14,16-17,19-20,25-26,28,32H,3,6,9,12,15,18,21-24,27H2,1-2H3,(H,41,45)(H,42,44)(H,46,47)/b5-4-,8-7-,11-10-,14-13-,17-16-,20-19-. The molecule has 48 heavy (non-hydrogen) atoms. The first-order valence-electron chi connectivity index (χ1n) is 16.1. The molecule has 0 radical (unpaired) electrons. The van der Waals surface area contributed by atoms with Crippen molar-refractivity contribution in [3.63, 3.8) is 0 Å². The molecule has 8 nitrogen and oxygen atoms in total. The van der Waals surface area contributed by atoms with E-state index in [1.165, 1.54) is 0 Å². The molecule has 1 rings (SSSR count). The van der Waals surface area contributed by atoms with E-state index in [2.05, 4.69) is 72.2 Å². The summed E-state index contributed by atoms with van der Waals surface area (Å²) in [4.78, 5) is 47.7. The predicted octanol–water partition coefficient (Wildman–Crippen LogP) is 8.19. The van der Waals surface area contributed by atoms with Crippen molar-refractivity contribution in [3.8, 4) is 5.75 Å². The number of alkyl halides is 3. The van der Waals surface area contributed by atoms with Gasteiger partial charge in [0.15, 0.2) is 0 Å². The van der Waals surface area contributed by atoms with Crippen LogP contribution < -0.4 is 15.4 Å². The molecular formula is C37H47F3N2O6. The van der Waals surface area contributed by atoms with Crippen LogP contribution in [-0.4, -0.2) is 41.4 Å². The molecular weight excluding hydrogens is 625 g/mol. The van der Waals surface area contributed by atoms with E-state index in [-0.39, 0.29) is 31.4 Å². The van der Waals surface area contributed by atoms with Crippen LogP contribution in [-0.2, 0) is 20.6 Å². The Morgan fingerprint density at radius 3 is 1.83 bits per heavy atom. The Balaban J connectivity index is 2.32. The average molecular weight is 673 g/mol. The van der Waals surface area contributed by atoms with E-state index in [9.17, 15) is 37.5 Å². The Morgan fingerprint density at radius 2 is 1.35 bits per heavy atom. The van der Waals surface area contributed by atoms with E-state index in [0.717, 1.165) is 45.1 Å². The first-order valence-corrected chi connectivity index (χ1v) is 16.1. The number of hydrogen-bond donors (Lipinski definition) is 3. The van der Waals surface area contributed by atoms with Crippen molar-refractivity contribution in [1.82, 2.24) is 10.6 Å². The second kappa shape index (κ2) is 24.5. The molecule has 1 aromatic rings. The number of benzene rings is 1. The predicted molar refractivity (Wildman–Crippen MR) is 181 cm³/mol. The summed E-state index contributed by atoms with van der Waals surface area (Å²) in [6.45, 7) is 3.08. The number of carboxylic acids is 1. The molecule has 1 unspecified atom stereocenters. The smallest absolute Gasteiger partial charge is 0.416 e. The zero-order valence-corrected chi connectivity index (χ0v) is 27.6. The minimum atomic E-state index is -4.70. The van der Waals surface area contributed by atoms with Gasteiger partial charge < -0.3 is 20.5 Å². The lowest BCUT2D eigenvalue weighted by molar-refractivity contribution is -0.142. The van der Waals surface area contributed by atoms with E-state index < -0.39 is 47.3 Å². The van der Waals surface area contributed by atoms with Gasteiger partial charge in [-0.3, -0.25) is 14.4 Å². The summed E-state index contributed by atoms with van der Waals surface area (Å²) in [5, 5.41) is 14.4. The Bertz CT molecular complexity index is 1340. The zero-order chi connectivity index (χ0) is 35.6. The minimum absolute atomic E-state index is 0.00504. The van der Waals surface area contributed by atoms with Crippen molar-refractivity contribution >= 4 is 23.8 Å². The minimum Gasteiger partial charge on any atom is -0.480 e. The maximum absolute atomic E-state index is 13.0. The van der Waals surface area contributed by atoms with Crippen LogP contribution in [0.15, 0.2) is 91.1 Å². The number of ether oxygens (including phenoxy) is 1. The van der Waals surface area contributed by atoms with Crippen molar-refractivity contribution < 1.29 is 42.2 Å². The van der Waals surface area contributed by atoms with Gasteiger partial charge >= 0.3 is 18.1 Å². The lowest BCUT2D eigenvalue weighted by atomic mass is 10.1. The van der Waals surface area contributed by atoms with E-state index in [4.69, 9.17) is 4.74 Å². The van der Waals surface area contributed by atoms with Gasteiger partial charge in [-0.25, -0.2) is 4.79 Å². The van der Waals surface area contributed by atoms with Crippen molar-refractivity contribution in [3.05, 3.63) is 102 Å². The molecule has 3 N–H and O–H groups in total. The van der Waals surface area contributed by atoms with E-state index in [0.29, 0.717) is 25.0 Å². The molecule has 1 aromatic carbocycles. The number of carbonyl (C=O) groups excluding carboxylic acids is 3. The summed E-state index contributed by atoms with van der Waals surface area (Å²) in [5.74, 6) is -3.90. The molecule has 1 atom stereocenters. The Kier molecular flexibility index (Phi) is 21.1. The number of amides is 2. The highest BCUT2D eigenvalue weighted by molar-refractivity contribution is 5.97. The van der Waals surface area contributed by atoms with Gasteiger partial charge in [-0.05, 0) is 76.0 Å². The first-order chi connectivity index (χ1) is 23.0. The van der Waals surface area contributed by atoms with Gasteiger partial charge in [0.25, 0.3) is 5.91 Å². The van der Waals surface area contributed by atoms with Gasteiger partial charge in [0.1, 0.15) is 11.8 Å². The number of hydrogen-bond acceptors (Lipinski definition) is 5. The lowest BCUT2D eigenvalue weighted by Crippen LogP contribution is -2.41. The molecule has 0 saturated heterocycles. The van der Waals surface area contributed by atoms with Gasteiger partial charge in [0, 0.05) is 19.9 Å². The molecule has 0 heterocycles. The van der Waals surface area contributed by atoms with Crippen LogP contribution in [0.4, 0.5) is 13.2 Å². The molecule has 2 amide bonds. The molecule has 0 spiro atoms. The number of allylic oxidation sites excluding steroid dienone is 12. The Labute approximate surface area is 281 Å². The second-order valence-corrected chi connectivity index (χ2v) is 10.6. The monoisotopic (exact) mass is 672 g/mol. The first kappa shape index (κ1) is 41.4. The largest absolute Gasteiger partial charge is 0.480 e.